The molecule has 1 heterocycles. The van der Waals surface area contributed by atoms with Crippen molar-refractivity contribution in [3.8, 4) is 5.75 Å². The van der Waals surface area contributed by atoms with E-state index in [1.54, 1.807) is 11.3 Å². The Balaban J connectivity index is 1.76. The Bertz CT molecular complexity index is 1190. The van der Waals surface area contributed by atoms with Gasteiger partial charge >= 0.3 is 0 Å². The van der Waals surface area contributed by atoms with Gasteiger partial charge in [-0.2, -0.15) is 0 Å². The molecule has 24 heavy (non-hydrogen) atoms. The van der Waals surface area contributed by atoms with Crippen molar-refractivity contribution in [2.45, 2.75) is 0 Å². The predicted molar refractivity (Wildman–Crippen MR) is 99.5 cm³/mol. The summed E-state index contributed by atoms with van der Waals surface area (Å²) in [5, 5.41) is 4.77. The lowest BCUT2D eigenvalue weighted by atomic mass is 10.0. The van der Waals surface area contributed by atoms with E-state index in [9.17, 15) is 0 Å². The number of nitrogens with zero attached hydrogens (tertiary/aromatic N) is 1. The molecule has 3 heteroatoms. The molecule has 0 fully saturated rings. The molecule has 5 rings (SSSR count). The van der Waals surface area contributed by atoms with Gasteiger partial charge in [0.25, 0.3) is 11.0 Å². The van der Waals surface area contributed by atoms with Gasteiger partial charge in [0, 0.05) is 16.2 Å². The van der Waals surface area contributed by atoms with Crippen LogP contribution in [0.4, 0.5) is 0 Å². The van der Waals surface area contributed by atoms with E-state index in [0.29, 0.717) is 0 Å². The van der Waals surface area contributed by atoms with E-state index < -0.39 is 0 Å². The molecule has 5 aromatic rings. The van der Waals surface area contributed by atoms with Crippen molar-refractivity contribution in [1.82, 2.24) is 0 Å². The molecule has 0 amide bonds. The van der Waals surface area contributed by atoms with E-state index in [2.05, 4.69) is 72.8 Å². The van der Waals surface area contributed by atoms with Crippen LogP contribution in [0.1, 0.15) is 0 Å². The highest BCUT2D eigenvalue weighted by atomic mass is 32.1. The van der Waals surface area contributed by atoms with Crippen LogP contribution in [0.2, 0.25) is 0 Å². The third-order valence-electron chi connectivity index (χ3n) is 4.30. The van der Waals surface area contributed by atoms with Crippen LogP contribution in [0.3, 0.4) is 0 Å². The van der Waals surface area contributed by atoms with E-state index >= 15 is 0 Å². The van der Waals surface area contributed by atoms with Crippen LogP contribution in [0.5, 0.6) is 5.75 Å². The van der Waals surface area contributed by atoms with Gasteiger partial charge in [0.2, 0.25) is 5.75 Å². The fourth-order valence-electron chi connectivity index (χ4n) is 3.17. The van der Waals surface area contributed by atoms with Crippen molar-refractivity contribution in [3.63, 3.8) is 0 Å². The lowest BCUT2D eigenvalue weighted by Gasteiger charge is -2.07. The van der Waals surface area contributed by atoms with Gasteiger partial charge in [-0.3, -0.25) is 0 Å². The first kappa shape index (κ1) is 13.5. The molecule has 0 unspecified atom stereocenters. The molecule has 0 aliphatic heterocycles. The third-order valence-corrected chi connectivity index (χ3v) is 5.20. The van der Waals surface area contributed by atoms with E-state index in [1.807, 2.05) is 16.3 Å². The van der Waals surface area contributed by atoms with Crippen molar-refractivity contribution in [2.75, 3.05) is 0 Å². The second-order valence-electron chi connectivity index (χ2n) is 5.75. The fraction of sp³-hybridized carbons (Fsp3) is 0. The zero-order chi connectivity index (χ0) is 15.9. The summed E-state index contributed by atoms with van der Waals surface area (Å²) in [7, 11) is 0. The van der Waals surface area contributed by atoms with Gasteiger partial charge in [0.1, 0.15) is 4.70 Å². The fourth-order valence-corrected chi connectivity index (χ4v) is 3.97. The summed E-state index contributed by atoms with van der Waals surface area (Å²) >= 11 is 1.68. The normalized spacial score (nSPS) is 11.3. The molecule has 2 nitrogen and oxygen atoms in total. The molecule has 0 N–H and O–H groups in total. The molecule has 0 aliphatic carbocycles. The summed E-state index contributed by atoms with van der Waals surface area (Å²) < 4.78 is 3.07. The Morgan fingerprint density at radius 3 is 2.33 bits per heavy atom. The average Bonchev–Trinajstić information content (AvgIpc) is 3.05. The molecule has 0 saturated carbocycles. The van der Waals surface area contributed by atoms with Gasteiger partial charge in [0.05, 0.1) is 0 Å². The number of para-hydroxylation sites is 1. The number of fused-ring (bicyclic) bond motifs is 4. The predicted octanol–water partition coefficient (Wildman–Crippen LogP) is 5.34. The van der Waals surface area contributed by atoms with Gasteiger partial charge in [-0.15, -0.1) is 0 Å². The molecule has 0 atom stereocenters. The quantitative estimate of drug-likeness (QED) is 0.315. The minimum Gasteiger partial charge on any atom is -0.229 e. The van der Waals surface area contributed by atoms with Crippen LogP contribution in [-0.2, 0) is 0 Å². The number of thiazole rings is 1. The minimum absolute atomic E-state index is 0.873. The summed E-state index contributed by atoms with van der Waals surface area (Å²) in [6.07, 6.45) is 0. The minimum atomic E-state index is 0.873. The van der Waals surface area contributed by atoms with Crippen molar-refractivity contribution in [2.24, 2.45) is 0 Å². The maximum Gasteiger partial charge on any atom is 0.278 e. The van der Waals surface area contributed by atoms with Gasteiger partial charge in [-0.25, -0.2) is 4.84 Å². The van der Waals surface area contributed by atoms with Gasteiger partial charge in [0.15, 0.2) is 0 Å². The van der Waals surface area contributed by atoms with Gasteiger partial charge in [-0.1, -0.05) is 72.0 Å². The van der Waals surface area contributed by atoms with Crippen LogP contribution in [-0.4, -0.2) is 0 Å². The van der Waals surface area contributed by atoms with Crippen molar-refractivity contribution in [1.29, 1.82) is 0 Å². The Labute approximate surface area is 143 Å². The highest BCUT2D eigenvalue weighted by molar-refractivity contribution is 7.16. The second-order valence-corrected chi connectivity index (χ2v) is 6.64. The zero-order valence-corrected chi connectivity index (χ0v) is 13.7. The van der Waals surface area contributed by atoms with Crippen LogP contribution >= 0.6 is 11.3 Å². The Morgan fingerprint density at radius 2 is 1.42 bits per heavy atom. The summed E-state index contributed by atoms with van der Waals surface area (Å²) in [6, 6.07) is 27.2. The molecule has 0 saturated heterocycles. The number of rotatable bonds is 2. The highest BCUT2D eigenvalue weighted by Gasteiger charge is 2.17. The van der Waals surface area contributed by atoms with Crippen LogP contribution in [0.25, 0.3) is 31.8 Å². The monoisotopic (exact) mass is 328 g/mol. The average molecular weight is 328 g/mol. The van der Waals surface area contributed by atoms with Crippen molar-refractivity contribution in [3.05, 3.63) is 84.4 Å². The number of aromatic nitrogens is 1. The SMILES string of the molecule is c1ccc2c(c1)cc(O[n+]1csc3ccccc31)c1ccccc12. The Hall–Kier alpha value is -2.91. The number of hydrogen-bond acceptors (Lipinski definition) is 2. The van der Waals surface area contributed by atoms with E-state index in [4.69, 9.17) is 4.84 Å². The zero-order valence-electron chi connectivity index (χ0n) is 12.8. The highest BCUT2D eigenvalue weighted by Crippen LogP contribution is 2.33. The molecule has 1 aromatic heterocycles. The topological polar surface area (TPSA) is 13.1 Å². The lowest BCUT2D eigenvalue weighted by molar-refractivity contribution is -0.851. The van der Waals surface area contributed by atoms with Crippen molar-refractivity contribution < 1.29 is 9.57 Å². The maximum absolute atomic E-state index is 6.28. The summed E-state index contributed by atoms with van der Waals surface area (Å²) in [5.74, 6) is 0.873. The van der Waals surface area contributed by atoms with Gasteiger partial charge in [-0.05, 0) is 28.3 Å². The van der Waals surface area contributed by atoms with Crippen LogP contribution in [0.15, 0.2) is 84.4 Å². The third kappa shape index (κ3) is 2.06. The Kier molecular flexibility index (Phi) is 3.00. The Morgan fingerprint density at radius 1 is 0.708 bits per heavy atom. The van der Waals surface area contributed by atoms with E-state index in [1.165, 1.54) is 20.9 Å². The summed E-state index contributed by atoms with van der Waals surface area (Å²) in [4.78, 5) is 6.28. The molecule has 0 aliphatic rings. The van der Waals surface area contributed by atoms with Crippen LogP contribution < -0.4 is 9.57 Å². The first-order valence-electron chi connectivity index (χ1n) is 7.87. The lowest BCUT2D eigenvalue weighted by Crippen LogP contribution is -2.37. The molecular weight excluding hydrogens is 314 g/mol. The maximum atomic E-state index is 6.28. The van der Waals surface area contributed by atoms with E-state index in [0.717, 1.165) is 16.7 Å². The van der Waals surface area contributed by atoms with E-state index in [-0.39, 0.29) is 0 Å². The molecule has 0 spiro atoms. The summed E-state index contributed by atoms with van der Waals surface area (Å²) in [5.41, 5.74) is 3.09. The molecule has 0 bridgehead atoms. The smallest absolute Gasteiger partial charge is 0.229 e. The van der Waals surface area contributed by atoms with Crippen molar-refractivity contribution >= 4 is 43.1 Å². The second kappa shape index (κ2) is 5.32. The standard InChI is InChI=1S/C21H14NOS/c1-2-8-16-15(7-1)13-20(18-10-4-3-9-17(16)18)23-22-14-24-21-12-6-5-11-19(21)22/h1-14H/q+1. The molecule has 0 radical (unpaired) electrons. The molecular formula is C21H14NOS+. The van der Waals surface area contributed by atoms with Gasteiger partial charge < -0.3 is 0 Å². The molecule has 4 aromatic carbocycles. The number of benzene rings is 4. The summed E-state index contributed by atoms with van der Waals surface area (Å²) in [6.45, 7) is 0. The molecule has 114 valence electrons. The first-order chi connectivity index (χ1) is 11.9. The first-order valence-corrected chi connectivity index (χ1v) is 8.75. The van der Waals surface area contributed by atoms with Crippen LogP contribution in [0, 0.1) is 0 Å². The largest absolute Gasteiger partial charge is 0.278 e. The number of hydrogen-bond donors (Lipinski definition) is 0.